The Kier molecular flexibility index (Phi) is 4.12. The molecule has 1 heterocycles. The van der Waals surface area contributed by atoms with Crippen LogP contribution in [0.5, 0.6) is 5.75 Å². The molecule has 1 aromatic carbocycles. The fraction of sp³-hybridized carbons (Fsp3) is 0.357. The number of methoxy groups -OCH3 is 1. The van der Waals surface area contributed by atoms with E-state index in [1.54, 1.807) is 31.5 Å². The average Bonchev–Trinajstić information content (AvgIpc) is 2.88. The van der Waals surface area contributed by atoms with E-state index in [0.717, 1.165) is 11.1 Å². The van der Waals surface area contributed by atoms with Crippen molar-refractivity contribution in [3.05, 3.63) is 46.7 Å². The molecule has 0 saturated heterocycles. The molecule has 5 heteroatoms. The largest absolute Gasteiger partial charge is 0.495 e. The summed E-state index contributed by atoms with van der Waals surface area (Å²) in [5, 5.41) is 15.1. The molecule has 0 aliphatic rings. The molecule has 0 aliphatic carbocycles. The van der Waals surface area contributed by atoms with E-state index in [4.69, 9.17) is 16.3 Å². The molecular formula is C14H17ClN2O2. The second kappa shape index (κ2) is 5.63. The molecule has 0 amide bonds. The van der Waals surface area contributed by atoms with Crippen molar-refractivity contribution in [3.8, 4) is 5.75 Å². The van der Waals surface area contributed by atoms with Gasteiger partial charge < -0.3 is 9.84 Å². The van der Waals surface area contributed by atoms with Gasteiger partial charge in [0.2, 0.25) is 0 Å². The van der Waals surface area contributed by atoms with E-state index in [1.165, 1.54) is 0 Å². The Balaban J connectivity index is 2.29. The van der Waals surface area contributed by atoms with Gasteiger partial charge in [-0.25, -0.2) is 0 Å². The second-order valence-corrected chi connectivity index (χ2v) is 5.05. The average molecular weight is 281 g/mol. The number of aliphatic hydroxyl groups excluding tert-OH is 1. The van der Waals surface area contributed by atoms with Gasteiger partial charge in [0.1, 0.15) is 11.9 Å². The number of nitrogens with zero attached hydrogens (tertiary/aromatic N) is 2. The van der Waals surface area contributed by atoms with E-state index in [2.05, 4.69) is 5.10 Å². The summed E-state index contributed by atoms with van der Waals surface area (Å²) in [6.45, 7) is 4.07. The van der Waals surface area contributed by atoms with E-state index in [0.29, 0.717) is 10.8 Å². The van der Waals surface area contributed by atoms with Gasteiger partial charge in [0, 0.05) is 17.8 Å². The number of hydrogen-bond donors (Lipinski definition) is 1. The lowest BCUT2D eigenvalue weighted by molar-refractivity contribution is 0.219. The molecule has 1 N–H and O–H groups in total. The van der Waals surface area contributed by atoms with Crippen molar-refractivity contribution < 1.29 is 9.84 Å². The standard InChI is InChI=1S/C14H17ClN2O2/c1-9(2)17-8-11(7-16-17)14(18)10-4-5-12(15)13(6-10)19-3/h4-9,14,18H,1-3H3. The van der Waals surface area contributed by atoms with E-state index in [1.807, 2.05) is 24.7 Å². The summed E-state index contributed by atoms with van der Waals surface area (Å²) in [5.41, 5.74) is 1.47. The van der Waals surface area contributed by atoms with Crippen LogP contribution in [0.4, 0.5) is 0 Å². The van der Waals surface area contributed by atoms with E-state index >= 15 is 0 Å². The van der Waals surface area contributed by atoms with Crippen LogP contribution < -0.4 is 4.74 Å². The van der Waals surface area contributed by atoms with Crippen LogP contribution in [-0.4, -0.2) is 22.0 Å². The van der Waals surface area contributed by atoms with Gasteiger partial charge in [-0.3, -0.25) is 4.68 Å². The number of hydrogen-bond acceptors (Lipinski definition) is 3. The van der Waals surface area contributed by atoms with Crippen molar-refractivity contribution >= 4 is 11.6 Å². The number of ether oxygens (including phenoxy) is 1. The first-order valence-electron chi connectivity index (χ1n) is 6.08. The molecule has 102 valence electrons. The molecular weight excluding hydrogens is 264 g/mol. The Bertz CT molecular complexity index is 566. The summed E-state index contributed by atoms with van der Waals surface area (Å²) in [4.78, 5) is 0. The van der Waals surface area contributed by atoms with Crippen LogP contribution in [-0.2, 0) is 0 Å². The third-order valence-electron chi connectivity index (χ3n) is 2.96. The maximum Gasteiger partial charge on any atom is 0.137 e. The third kappa shape index (κ3) is 2.91. The molecule has 19 heavy (non-hydrogen) atoms. The Morgan fingerprint density at radius 1 is 1.32 bits per heavy atom. The summed E-state index contributed by atoms with van der Waals surface area (Å²) in [7, 11) is 1.55. The SMILES string of the molecule is COc1cc(C(O)c2cnn(C(C)C)c2)ccc1Cl. The lowest BCUT2D eigenvalue weighted by Crippen LogP contribution is -2.01. The molecule has 0 bridgehead atoms. The van der Waals surface area contributed by atoms with Crippen molar-refractivity contribution in [1.82, 2.24) is 9.78 Å². The van der Waals surface area contributed by atoms with Gasteiger partial charge in [0.25, 0.3) is 0 Å². The number of rotatable bonds is 4. The topological polar surface area (TPSA) is 47.3 Å². The highest BCUT2D eigenvalue weighted by molar-refractivity contribution is 6.32. The van der Waals surface area contributed by atoms with Gasteiger partial charge in [-0.15, -0.1) is 0 Å². The highest BCUT2D eigenvalue weighted by Gasteiger charge is 2.15. The van der Waals surface area contributed by atoms with Crippen molar-refractivity contribution in [2.45, 2.75) is 26.0 Å². The highest BCUT2D eigenvalue weighted by Crippen LogP contribution is 2.30. The van der Waals surface area contributed by atoms with Gasteiger partial charge in [-0.2, -0.15) is 5.10 Å². The first kappa shape index (κ1) is 13.9. The number of halogens is 1. The zero-order chi connectivity index (χ0) is 14.0. The van der Waals surface area contributed by atoms with Crippen molar-refractivity contribution in [3.63, 3.8) is 0 Å². The molecule has 0 aliphatic heterocycles. The summed E-state index contributed by atoms with van der Waals surface area (Å²) < 4.78 is 6.96. The van der Waals surface area contributed by atoms with Crippen LogP contribution in [0.3, 0.4) is 0 Å². The molecule has 0 spiro atoms. The Labute approximate surface area is 117 Å². The zero-order valence-corrected chi connectivity index (χ0v) is 11.9. The van der Waals surface area contributed by atoms with Gasteiger partial charge in [-0.05, 0) is 31.5 Å². The maximum atomic E-state index is 10.3. The van der Waals surface area contributed by atoms with Gasteiger partial charge >= 0.3 is 0 Å². The minimum atomic E-state index is -0.737. The first-order valence-corrected chi connectivity index (χ1v) is 6.46. The quantitative estimate of drug-likeness (QED) is 0.935. The lowest BCUT2D eigenvalue weighted by atomic mass is 10.0. The Morgan fingerprint density at radius 3 is 2.63 bits per heavy atom. The van der Waals surface area contributed by atoms with Crippen molar-refractivity contribution in [1.29, 1.82) is 0 Å². The van der Waals surface area contributed by atoms with Crippen LogP contribution >= 0.6 is 11.6 Å². The predicted octanol–water partition coefficient (Wildman–Crippen LogP) is 3.21. The summed E-state index contributed by atoms with van der Waals surface area (Å²) in [6.07, 6.45) is 2.78. The summed E-state index contributed by atoms with van der Waals surface area (Å²) in [6, 6.07) is 5.49. The molecule has 1 atom stereocenters. The molecule has 0 fully saturated rings. The van der Waals surface area contributed by atoms with Crippen LogP contribution in [0.2, 0.25) is 5.02 Å². The smallest absolute Gasteiger partial charge is 0.137 e. The van der Waals surface area contributed by atoms with Gasteiger partial charge in [0.05, 0.1) is 18.3 Å². The Hall–Kier alpha value is -1.52. The van der Waals surface area contributed by atoms with Crippen LogP contribution in [0.25, 0.3) is 0 Å². The van der Waals surface area contributed by atoms with Crippen LogP contribution in [0.15, 0.2) is 30.6 Å². The summed E-state index contributed by atoms with van der Waals surface area (Å²) >= 11 is 5.97. The normalized spacial score (nSPS) is 12.7. The summed E-state index contributed by atoms with van der Waals surface area (Å²) in [5.74, 6) is 0.550. The van der Waals surface area contributed by atoms with Crippen LogP contribution in [0, 0.1) is 0 Å². The molecule has 0 radical (unpaired) electrons. The second-order valence-electron chi connectivity index (χ2n) is 4.64. The molecule has 2 aromatic rings. The first-order chi connectivity index (χ1) is 9.02. The predicted molar refractivity (Wildman–Crippen MR) is 74.7 cm³/mol. The van der Waals surface area contributed by atoms with Gasteiger partial charge in [0.15, 0.2) is 0 Å². The number of aromatic nitrogens is 2. The maximum absolute atomic E-state index is 10.3. The molecule has 0 saturated carbocycles. The highest BCUT2D eigenvalue weighted by atomic mass is 35.5. The fourth-order valence-corrected chi connectivity index (χ4v) is 2.01. The Morgan fingerprint density at radius 2 is 2.05 bits per heavy atom. The van der Waals surface area contributed by atoms with E-state index in [-0.39, 0.29) is 6.04 Å². The third-order valence-corrected chi connectivity index (χ3v) is 3.27. The molecule has 1 unspecified atom stereocenters. The monoisotopic (exact) mass is 280 g/mol. The van der Waals surface area contributed by atoms with E-state index in [9.17, 15) is 5.11 Å². The molecule has 2 rings (SSSR count). The van der Waals surface area contributed by atoms with Crippen molar-refractivity contribution in [2.75, 3.05) is 7.11 Å². The van der Waals surface area contributed by atoms with Gasteiger partial charge in [-0.1, -0.05) is 17.7 Å². The minimum Gasteiger partial charge on any atom is -0.495 e. The fourth-order valence-electron chi connectivity index (χ4n) is 1.82. The number of aliphatic hydroxyl groups is 1. The van der Waals surface area contributed by atoms with Crippen molar-refractivity contribution in [2.24, 2.45) is 0 Å². The zero-order valence-electron chi connectivity index (χ0n) is 11.2. The minimum absolute atomic E-state index is 0.265. The van der Waals surface area contributed by atoms with Crippen LogP contribution in [0.1, 0.15) is 37.1 Å². The van der Waals surface area contributed by atoms with E-state index < -0.39 is 6.10 Å². The number of benzene rings is 1. The lowest BCUT2D eigenvalue weighted by Gasteiger charge is -2.11. The molecule has 4 nitrogen and oxygen atoms in total. The molecule has 1 aromatic heterocycles.